The van der Waals surface area contributed by atoms with Crippen LogP contribution in [0.4, 0.5) is 0 Å². The zero-order valence-corrected chi connectivity index (χ0v) is 12.8. The summed E-state index contributed by atoms with van der Waals surface area (Å²) in [5, 5.41) is 17.8. The predicted molar refractivity (Wildman–Crippen MR) is 77.7 cm³/mol. The second kappa shape index (κ2) is 9.18. The monoisotopic (exact) mass is 332 g/mol. The van der Waals surface area contributed by atoms with E-state index < -0.39 is 0 Å². The van der Waals surface area contributed by atoms with Crippen LogP contribution >= 0.6 is 15.9 Å². The van der Waals surface area contributed by atoms with Crippen LogP contribution in [-0.2, 0) is 6.61 Å². The molecule has 0 aliphatic rings. The molecule has 108 valence electrons. The number of rotatable bonds is 9. The Morgan fingerprint density at radius 3 is 2.47 bits per heavy atom. The Balaban J connectivity index is 2.52. The molecule has 5 heteroatoms. The van der Waals surface area contributed by atoms with Crippen LogP contribution in [0, 0.1) is 0 Å². The Hall–Kier alpha value is -0.780. The van der Waals surface area contributed by atoms with Gasteiger partial charge in [-0.3, -0.25) is 0 Å². The maximum absolute atomic E-state index is 9.13. The van der Waals surface area contributed by atoms with E-state index in [-0.39, 0.29) is 13.2 Å². The first-order chi connectivity index (χ1) is 9.22. The second-order valence-corrected chi connectivity index (χ2v) is 5.11. The molecule has 1 aromatic rings. The fourth-order valence-corrected chi connectivity index (χ4v) is 2.35. The van der Waals surface area contributed by atoms with Crippen LogP contribution in [0.1, 0.15) is 31.2 Å². The third-order valence-electron chi connectivity index (χ3n) is 2.77. The predicted octanol–water partition coefficient (Wildman–Crippen LogP) is 2.88. The molecule has 0 aliphatic heterocycles. The first kappa shape index (κ1) is 16.3. The molecule has 4 nitrogen and oxygen atoms in total. The first-order valence-electron chi connectivity index (χ1n) is 6.43. The molecule has 0 atom stereocenters. The largest absolute Gasteiger partial charge is 0.493 e. The van der Waals surface area contributed by atoms with Gasteiger partial charge in [-0.05, 0) is 52.9 Å². The molecule has 1 aromatic carbocycles. The van der Waals surface area contributed by atoms with Crippen molar-refractivity contribution in [2.75, 3.05) is 20.3 Å². The summed E-state index contributed by atoms with van der Waals surface area (Å²) in [6.45, 7) is 0.831. The topological polar surface area (TPSA) is 58.9 Å². The van der Waals surface area contributed by atoms with Gasteiger partial charge in [-0.1, -0.05) is 6.42 Å². The van der Waals surface area contributed by atoms with E-state index in [0.717, 1.165) is 35.7 Å². The summed E-state index contributed by atoms with van der Waals surface area (Å²) >= 11 is 3.42. The molecule has 19 heavy (non-hydrogen) atoms. The normalized spacial score (nSPS) is 10.5. The van der Waals surface area contributed by atoms with Crippen molar-refractivity contribution < 1.29 is 19.7 Å². The van der Waals surface area contributed by atoms with Crippen LogP contribution < -0.4 is 9.47 Å². The molecular formula is C14H21BrO4. The van der Waals surface area contributed by atoms with E-state index in [4.69, 9.17) is 19.7 Å². The van der Waals surface area contributed by atoms with E-state index in [2.05, 4.69) is 15.9 Å². The highest BCUT2D eigenvalue weighted by Crippen LogP contribution is 2.36. The Bertz CT molecular complexity index is 382. The highest BCUT2D eigenvalue weighted by molar-refractivity contribution is 9.10. The molecule has 0 bridgehead atoms. The first-order valence-corrected chi connectivity index (χ1v) is 7.23. The maximum Gasteiger partial charge on any atom is 0.175 e. The number of aliphatic hydroxyl groups is 2. The van der Waals surface area contributed by atoms with Gasteiger partial charge in [-0.2, -0.15) is 0 Å². The van der Waals surface area contributed by atoms with Crippen LogP contribution in [0.5, 0.6) is 11.5 Å². The fraction of sp³-hybridized carbons (Fsp3) is 0.571. The van der Waals surface area contributed by atoms with Gasteiger partial charge in [0, 0.05) is 6.61 Å². The maximum atomic E-state index is 9.13. The Labute approximate surface area is 122 Å². The lowest BCUT2D eigenvalue weighted by Gasteiger charge is -2.13. The van der Waals surface area contributed by atoms with Gasteiger partial charge in [0.2, 0.25) is 0 Å². The summed E-state index contributed by atoms with van der Waals surface area (Å²) in [7, 11) is 1.58. The van der Waals surface area contributed by atoms with Gasteiger partial charge in [0.1, 0.15) is 0 Å². The molecule has 0 saturated heterocycles. The van der Waals surface area contributed by atoms with E-state index in [1.54, 1.807) is 13.2 Å². The number of methoxy groups -OCH3 is 1. The third-order valence-corrected chi connectivity index (χ3v) is 3.36. The molecule has 2 N–H and O–H groups in total. The summed E-state index contributed by atoms with van der Waals surface area (Å²) in [6.07, 6.45) is 3.84. The molecule has 0 radical (unpaired) electrons. The molecule has 0 unspecified atom stereocenters. The molecule has 0 saturated carbocycles. The summed E-state index contributed by atoms with van der Waals surface area (Å²) in [5.74, 6) is 1.29. The lowest BCUT2D eigenvalue weighted by molar-refractivity contribution is 0.265. The number of unbranched alkanes of at least 4 members (excludes halogenated alkanes) is 3. The van der Waals surface area contributed by atoms with Crippen LogP contribution in [0.15, 0.2) is 16.6 Å². The van der Waals surface area contributed by atoms with Crippen molar-refractivity contribution in [3.05, 3.63) is 22.2 Å². The van der Waals surface area contributed by atoms with E-state index in [1.807, 2.05) is 6.07 Å². The van der Waals surface area contributed by atoms with Gasteiger partial charge in [0.05, 0.1) is 24.8 Å². The standard InChI is InChI=1S/C14H21BrO4/c1-18-13-9-11(10-17)8-12(15)14(13)19-7-5-3-2-4-6-16/h8-9,16-17H,2-7,10H2,1H3. The molecule has 0 aromatic heterocycles. The van der Waals surface area contributed by atoms with Crippen molar-refractivity contribution >= 4 is 15.9 Å². The lowest BCUT2D eigenvalue weighted by Crippen LogP contribution is -2.01. The van der Waals surface area contributed by atoms with Gasteiger partial charge >= 0.3 is 0 Å². The van der Waals surface area contributed by atoms with Gasteiger partial charge in [0.15, 0.2) is 11.5 Å². The molecule has 0 amide bonds. The quantitative estimate of drug-likeness (QED) is 0.682. The molecule has 0 heterocycles. The van der Waals surface area contributed by atoms with Crippen LogP contribution in [0.3, 0.4) is 0 Å². The van der Waals surface area contributed by atoms with Crippen LogP contribution in [0.2, 0.25) is 0 Å². The van der Waals surface area contributed by atoms with E-state index in [1.165, 1.54) is 0 Å². The highest BCUT2D eigenvalue weighted by atomic mass is 79.9. The summed E-state index contributed by atoms with van der Waals surface area (Å²) < 4.78 is 11.8. The van der Waals surface area contributed by atoms with E-state index in [9.17, 15) is 0 Å². The number of halogens is 1. The molecule has 0 aliphatic carbocycles. The van der Waals surface area contributed by atoms with Crippen molar-refractivity contribution in [1.29, 1.82) is 0 Å². The lowest BCUT2D eigenvalue weighted by atomic mass is 10.2. The molecular weight excluding hydrogens is 312 g/mol. The van der Waals surface area contributed by atoms with Crippen molar-refractivity contribution in [2.24, 2.45) is 0 Å². The molecule has 1 rings (SSSR count). The summed E-state index contributed by atoms with van der Waals surface area (Å²) in [5.41, 5.74) is 0.777. The Morgan fingerprint density at radius 2 is 1.84 bits per heavy atom. The fourth-order valence-electron chi connectivity index (χ4n) is 1.75. The smallest absolute Gasteiger partial charge is 0.175 e. The number of benzene rings is 1. The van der Waals surface area contributed by atoms with Crippen molar-refractivity contribution in [1.82, 2.24) is 0 Å². The second-order valence-electron chi connectivity index (χ2n) is 4.25. The SMILES string of the molecule is COc1cc(CO)cc(Br)c1OCCCCCCO. The van der Waals surface area contributed by atoms with Gasteiger partial charge in [0.25, 0.3) is 0 Å². The van der Waals surface area contributed by atoms with Crippen molar-refractivity contribution in [3.63, 3.8) is 0 Å². The van der Waals surface area contributed by atoms with Crippen LogP contribution in [-0.4, -0.2) is 30.5 Å². The minimum atomic E-state index is -0.0313. The van der Waals surface area contributed by atoms with Crippen molar-refractivity contribution in [2.45, 2.75) is 32.3 Å². The van der Waals surface area contributed by atoms with E-state index >= 15 is 0 Å². The zero-order valence-electron chi connectivity index (χ0n) is 11.2. The zero-order chi connectivity index (χ0) is 14.1. The summed E-state index contributed by atoms with van der Waals surface area (Å²) in [6, 6.07) is 3.59. The Morgan fingerprint density at radius 1 is 1.11 bits per heavy atom. The highest BCUT2D eigenvalue weighted by Gasteiger charge is 2.11. The van der Waals surface area contributed by atoms with Crippen LogP contribution in [0.25, 0.3) is 0 Å². The number of ether oxygens (including phenoxy) is 2. The number of hydrogen-bond acceptors (Lipinski definition) is 4. The molecule has 0 fully saturated rings. The average molecular weight is 333 g/mol. The van der Waals surface area contributed by atoms with Gasteiger partial charge in [-0.25, -0.2) is 0 Å². The third kappa shape index (κ3) is 5.38. The van der Waals surface area contributed by atoms with Gasteiger partial charge in [-0.15, -0.1) is 0 Å². The van der Waals surface area contributed by atoms with Crippen molar-refractivity contribution in [3.8, 4) is 11.5 Å². The number of aliphatic hydroxyl groups excluding tert-OH is 2. The van der Waals surface area contributed by atoms with E-state index in [0.29, 0.717) is 18.1 Å². The average Bonchev–Trinajstić information content (AvgIpc) is 2.43. The van der Waals surface area contributed by atoms with Gasteiger partial charge < -0.3 is 19.7 Å². The minimum absolute atomic E-state index is 0.0313. The molecule has 0 spiro atoms. The number of hydrogen-bond donors (Lipinski definition) is 2. The summed E-state index contributed by atoms with van der Waals surface area (Å²) in [4.78, 5) is 0. The Kier molecular flexibility index (Phi) is 7.86. The minimum Gasteiger partial charge on any atom is -0.493 e.